The molecule has 2 rings (SSSR count). The molecule has 0 bridgehead atoms. The summed E-state index contributed by atoms with van der Waals surface area (Å²) in [7, 11) is 0. The summed E-state index contributed by atoms with van der Waals surface area (Å²) in [5.41, 5.74) is 4.84. The molecule has 0 aliphatic carbocycles. The van der Waals surface area contributed by atoms with Gasteiger partial charge in [0.15, 0.2) is 0 Å². The van der Waals surface area contributed by atoms with E-state index in [1.807, 2.05) is 32.9 Å². The summed E-state index contributed by atoms with van der Waals surface area (Å²) < 4.78 is 13.3. The molecule has 0 heterocycles. The molecule has 0 saturated heterocycles. The topological polar surface area (TPSA) is 37.3 Å². The van der Waals surface area contributed by atoms with Crippen LogP contribution in [0, 0.1) is 26.6 Å². The molecule has 2 nitrogen and oxygen atoms in total. The first-order valence-corrected chi connectivity index (χ1v) is 6.93. The Morgan fingerprint density at radius 3 is 2.29 bits per heavy atom. The van der Waals surface area contributed by atoms with Crippen LogP contribution in [0.25, 0.3) is 0 Å². The number of carboxylic acids is 1. The highest BCUT2D eigenvalue weighted by Crippen LogP contribution is 2.26. The van der Waals surface area contributed by atoms with Gasteiger partial charge in [-0.25, -0.2) is 4.39 Å². The van der Waals surface area contributed by atoms with Crippen molar-refractivity contribution in [2.24, 2.45) is 0 Å². The summed E-state index contributed by atoms with van der Waals surface area (Å²) in [5, 5.41) is 9.49. The molecule has 0 saturated carbocycles. The molecule has 2 aromatic rings. The number of hydrogen-bond donors (Lipinski definition) is 1. The van der Waals surface area contributed by atoms with E-state index in [1.54, 1.807) is 12.1 Å². The van der Waals surface area contributed by atoms with E-state index in [4.69, 9.17) is 0 Å². The van der Waals surface area contributed by atoms with Crippen molar-refractivity contribution in [2.75, 3.05) is 0 Å². The van der Waals surface area contributed by atoms with Crippen molar-refractivity contribution in [3.63, 3.8) is 0 Å². The lowest BCUT2D eigenvalue weighted by molar-refractivity contribution is -0.138. The van der Waals surface area contributed by atoms with Gasteiger partial charge in [-0.1, -0.05) is 29.8 Å². The zero-order chi connectivity index (χ0) is 15.6. The van der Waals surface area contributed by atoms with Crippen molar-refractivity contribution in [1.29, 1.82) is 0 Å². The molecule has 1 unspecified atom stereocenters. The maximum Gasteiger partial charge on any atom is 0.311 e. The first kappa shape index (κ1) is 15.2. The van der Waals surface area contributed by atoms with E-state index >= 15 is 0 Å². The number of halogens is 1. The quantitative estimate of drug-likeness (QED) is 0.916. The minimum atomic E-state index is -0.931. The van der Waals surface area contributed by atoms with Crippen molar-refractivity contribution in [1.82, 2.24) is 0 Å². The van der Waals surface area contributed by atoms with Crippen molar-refractivity contribution < 1.29 is 14.3 Å². The molecule has 110 valence electrons. The van der Waals surface area contributed by atoms with Gasteiger partial charge in [-0.2, -0.15) is 0 Å². The molecule has 0 aliphatic heterocycles. The lowest BCUT2D eigenvalue weighted by Crippen LogP contribution is -2.16. The van der Waals surface area contributed by atoms with Crippen LogP contribution in [0.1, 0.15) is 33.7 Å². The van der Waals surface area contributed by atoms with E-state index in [9.17, 15) is 14.3 Å². The van der Waals surface area contributed by atoms with Crippen LogP contribution in [0.5, 0.6) is 0 Å². The molecular weight excluding hydrogens is 267 g/mol. The second-order valence-corrected chi connectivity index (χ2v) is 5.53. The maximum atomic E-state index is 13.3. The van der Waals surface area contributed by atoms with Gasteiger partial charge < -0.3 is 5.11 Å². The molecule has 0 spiro atoms. The Morgan fingerprint density at radius 1 is 1.14 bits per heavy atom. The third-order valence-corrected chi connectivity index (χ3v) is 3.80. The van der Waals surface area contributed by atoms with E-state index in [1.165, 1.54) is 12.1 Å². The Bertz CT molecular complexity index is 654. The standard InChI is InChI=1S/C18H19FO2/c1-11-7-12(2)16(13(3)8-11)10-17(18(20)21)14-5-4-6-15(19)9-14/h4-9,17H,10H2,1-3H3,(H,20,21). The fourth-order valence-electron chi connectivity index (χ4n) is 2.81. The third kappa shape index (κ3) is 3.48. The molecule has 0 fully saturated rings. The van der Waals surface area contributed by atoms with Gasteiger partial charge in [0.05, 0.1) is 5.92 Å². The molecule has 2 aromatic carbocycles. The molecule has 0 aliphatic rings. The molecule has 0 radical (unpaired) electrons. The van der Waals surface area contributed by atoms with Gasteiger partial charge in [-0.3, -0.25) is 4.79 Å². The summed E-state index contributed by atoms with van der Waals surface area (Å²) >= 11 is 0. The largest absolute Gasteiger partial charge is 0.481 e. The zero-order valence-electron chi connectivity index (χ0n) is 12.5. The van der Waals surface area contributed by atoms with Gasteiger partial charge in [0.25, 0.3) is 0 Å². The molecule has 0 amide bonds. The molecule has 1 atom stereocenters. The summed E-state index contributed by atoms with van der Waals surface area (Å²) in [6.07, 6.45) is 0.372. The monoisotopic (exact) mass is 286 g/mol. The van der Waals surface area contributed by atoms with Crippen molar-refractivity contribution >= 4 is 5.97 Å². The van der Waals surface area contributed by atoms with Crippen LogP contribution < -0.4 is 0 Å². The van der Waals surface area contributed by atoms with Crippen molar-refractivity contribution in [3.8, 4) is 0 Å². The van der Waals surface area contributed by atoms with Crippen molar-refractivity contribution in [3.05, 3.63) is 70.0 Å². The second-order valence-electron chi connectivity index (χ2n) is 5.53. The first-order valence-electron chi connectivity index (χ1n) is 6.93. The Labute approximate surface area is 124 Å². The van der Waals surface area contributed by atoms with E-state index in [0.717, 1.165) is 22.3 Å². The number of carbonyl (C=O) groups is 1. The van der Waals surface area contributed by atoms with E-state index < -0.39 is 17.7 Å². The zero-order valence-corrected chi connectivity index (χ0v) is 12.5. The lowest BCUT2D eigenvalue weighted by Gasteiger charge is -2.17. The lowest BCUT2D eigenvalue weighted by atomic mass is 9.87. The summed E-state index contributed by atoms with van der Waals surface area (Å²) in [6, 6.07) is 9.94. The minimum absolute atomic E-state index is 0.372. The summed E-state index contributed by atoms with van der Waals surface area (Å²) in [5.74, 6) is -2.07. The third-order valence-electron chi connectivity index (χ3n) is 3.80. The molecule has 21 heavy (non-hydrogen) atoms. The van der Waals surface area contributed by atoms with Crippen LogP contribution in [0.3, 0.4) is 0 Å². The average Bonchev–Trinajstić information content (AvgIpc) is 2.37. The summed E-state index contributed by atoms with van der Waals surface area (Å²) in [6.45, 7) is 5.99. The normalized spacial score (nSPS) is 12.2. The Morgan fingerprint density at radius 2 is 1.76 bits per heavy atom. The second kappa shape index (κ2) is 6.08. The summed E-state index contributed by atoms with van der Waals surface area (Å²) in [4.78, 5) is 11.6. The van der Waals surface area contributed by atoms with Gasteiger partial charge in [-0.05, 0) is 61.6 Å². The van der Waals surface area contributed by atoms with Crippen LogP contribution in [0.15, 0.2) is 36.4 Å². The van der Waals surface area contributed by atoms with E-state index in [-0.39, 0.29) is 0 Å². The van der Waals surface area contributed by atoms with Gasteiger partial charge >= 0.3 is 5.97 Å². The predicted molar refractivity (Wildman–Crippen MR) is 81.1 cm³/mol. The van der Waals surface area contributed by atoms with Crippen LogP contribution in [0.4, 0.5) is 4.39 Å². The highest BCUT2D eigenvalue weighted by molar-refractivity contribution is 5.76. The van der Waals surface area contributed by atoms with Gasteiger partial charge in [-0.15, -0.1) is 0 Å². The van der Waals surface area contributed by atoms with Crippen LogP contribution in [-0.4, -0.2) is 11.1 Å². The number of carboxylic acid groups (broad SMARTS) is 1. The minimum Gasteiger partial charge on any atom is -0.481 e. The highest BCUT2D eigenvalue weighted by atomic mass is 19.1. The Balaban J connectivity index is 2.40. The number of aliphatic carboxylic acids is 1. The fraction of sp³-hybridized carbons (Fsp3) is 0.278. The van der Waals surface area contributed by atoms with E-state index in [0.29, 0.717) is 12.0 Å². The van der Waals surface area contributed by atoms with E-state index in [2.05, 4.69) is 0 Å². The number of hydrogen-bond acceptors (Lipinski definition) is 1. The maximum absolute atomic E-state index is 13.3. The Hall–Kier alpha value is -2.16. The molecule has 3 heteroatoms. The predicted octanol–water partition coefficient (Wildman–Crippen LogP) is 4.16. The Kier molecular flexibility index (Phi) is 4.41. The van der Waals surface area contributed by atoms with Gasteiger partial charge in [0.1, 0.15) is 5.82 Å². The molecule has 1 N–H and O–H groups in total. The molecular formula is C18H19FO2. The number of aryl methyl sites for hydroxylation is 3. The smallest absolute Gasteiger partial charge is 0.311 e. The average molecular weight is 286 g/mol. The van der Waals surface area contributed by atoms with Crippen molar-refractivity contribution in [2.45, 2.75) is 33.1 Å². The van der Waals surface area contributed by atoms with Crippen LogP contribution in [-0.2, 0) is 11.2 Å². The number of benzene rings is 2. The van der Waals surface area contributed by atoms with Gasteiger partial charge in [0.2, 0.25) is 0 Å². The van der Waals surface area contributed by atoms with Gasteiger partial charge in [0, 0.05) is 0 Å². The SMILES string of the molecule is Cc1cc(C)c(CC(C(=O)O)c2cccc(F)c2)c(C)c1. The fourth-order valence-corrected chi connectivity index (χ4v) is 2.81. The molecule has 0 aromatic heterocycles. The highest BCUT2D eigenvalue weighted by Gasteiger charge is 2.22. The van der Waals surface area contributed by atoms with Crippen LogP contribution in [0.2, 0.25) is 0 Å². The number of rotatable bonds is 4. The van der Waals surface area contributed by atoms with Crippen LogP contribution >= 0.6 is 0 Å². The first-order chi connectivity index (χ1) is 9.88.